The van der Waals surface area contributed by atoms with E-state index in [1.165, 1.54) is 6.07 Å². The number of benzene rings is 1. The van der Waals surface area contributed by atoms with Crippen LogP contribution >= 0.6 is 15.9 Å². The number of hydrogen-bond acceptors (Lipinski definition) is 2. The SMILES string of the molecule is CCC(C)NCC(=O)Nc1ccc(Br)c(F)c1. The van der Waals surface area contributed by atoms with Gasteiger partial charge in [-0.25, -0.2) is 4.39 Å². The van der Waals surface area contributed by atoms with Gasteiger partial charge in [-0.05, 0) is 47.5 Å². The Kier molecular flexibility index (Phi) is 5.58. The van der Waals surface area contributed by atoms with Crippen LogP contribution in [0.3, 0.4) is 0 Å². The van der Waals surface area contributed by atoms with Crippen LogP contribution in [0.15, 0.2) is 22.7 Å². The van der Waals surface area contributed by atoms with Crippen LogP contribution in [-0.4, -0.2) is 18.5 Å². The van der Waals surface area contributed by atoms with E-state index in [9.17, 15) is 9.18 Å². The van der Waals surface area contributed by atoms with Gasteiger partial charge in [0.1, 0.15) is 5.82 Å². The molecule has 0 radical (unpaired) electrons. The first-order valence-electron chi connectivity index (χ1n) is 5.51. The average Bonchev–Trinajstić information content (AvgIpc) is 2.31. The van der Waals surface area contributed by atoms with Gasteiger partial charge in [-0.3, -0.25) is 4.79 Å². The Morgan fingerprint density at radius 2 is 2.24 bits per heavy atom. The average molecular weight is 303 g/mol. The van der Waals surface area contributed by atoms with E-state index in [-0.39, 0.29) is 12.5 Å². The van der Waals surface area contributed by atoms with Gasteiger partial charge in [-0.15, -0.1) is 0 Å². The highest BCUT2D eigenvalue weighted by Gasteiger charge is 2.06. The number of anilines is 1. The van der Waals surface area contributed by atoms with E-state index >= 15 is 0 Å². The Bertz CT molecular complexity index is 398. The number of amides is 1. The van der Waals surface area contributed by atoms with Gasteiger partial charge in [0.05, 0.1) is 11.0 Å². The summed E-state index contributed by atoms with van der Waals surface area (Å²) in [6, 6.07) is 4.79. The normalized spacial score (nSPS) is 12.2. The van der Waals surface area contributed by atoms with E-state index in [4.69, 9.17) is 0 Å². The van der Waals surface area contributed by atoms with Crippen LogP contribution in [0.25, 0.3) is 0 Å². The van der Waals surface area contributed by atoms with Crippen molar-refractivity contribution >= 4 is 27.5 Å². The van der Waals surface area contributed by atoms with Crippen LogP contribution in [0.1, 0.15) is 20.3 Å². The quantitative estimate of drug-likeness (QED) is 0.878. The maximum absolute atomic E-state index is 13.2. The van der Waals surface area contributed by atoms with Gasteiger partial charge in [0.15, 0.2) is 0 Å². The summed E-state index contributed by atoms with van der Waals surface area (Å²) in [6.07, 6.45) is 0.959. The first-order chi connectivity index (χ1) is 8.02. The molecule has 1 aromatic carbocycles. The molecule has 5 heteroatoms. The van der Waals surface area contributed by atoms with Crippen molar-refractivity contribution in [1.29, 1.82) is 0 Å². The molecule has 1 rings (SSSR count). The smallest absolute Gasteiger partial charge is 0.238 e. The zero-order valence-electron chi connectivity index (χ0n) is 9.89. The van der Waals surface area contributed by atoms with Gasteiger partial charge in [0.25, 0.3) is 0 Å². The van der Waals surface area contributed by atoms with Crippen molar-refractivity contribution in [2.24, 2.45) is 0 Å². The van der Waals surface area contributed by atoms with E-state index < -0.39 is 5.82 Å². The lowest BCUT2D eigenvalue weighted by molar-refractivity contribution is -0.115. The zero-order valence-corrected chi connectivity index (χ0v) is 11.5. The lowest BCUT2D eigenvalue weighted by Gasteiger charge is -2.11. The minimum absolute atomic E-state index is 0.174. The number of rotatable bonds is 5. The first kappa shape index (κ1) is 14.1. The predicted octanol–water partition coefficient (Wildman–Crippen LogP) is 2.91. The molecule has 3 nitrogen and oxygen atoms in total. The molecule has 1 amide bonds. The zero-order chi connectivity index (χ0) is 12.8. The van der Waals surface area contributed by atoms with Crippen molar-refractivity contribution in [1.82, 2.24) is 5.32 Å². The standard InChI is InChI=1S/C12H16BrFN2O/c1-3-8(2)15-7-12(17)16-9-4-5-10(13)11(14)6-9/h4-6,8,15H,3,7H2,1-2H3,(H,16,17). The topological polar surface area (TPSA) is 41.1 Å². The first-order valence-corrected chi connectivity index (χ1v) is 6.30. The number of hydrogen-bond donors (Lipinski definition) is 2. The highest BCUT2D eigenvalue weighted by Crippen LogP contribution is 2.19. The molecular weight excluding hydrogens is 287 g/mol. The number of nitrogens with one attached hydrogen (secondary N) is 2. The second-order valence-electron chi connectivity index (χ2n) is 3.87. The van der Waals surface area contributed by atoms with Crippen LogP contribution in [0.4, 0.5) is 10.1 Å². The van der Waals surface area contributed by atoms with Crippen molar-refractivity contribution in [3.8, 4) is 0 Å². The second-order valence-corrected chi connectivity index (χ2v) is 4.72. The number of halogens is 2. The van der Waals surface area contributed by atoms with Crippen LogP contribution in [0, 0.1) is 5.82 Å². The summed E-state index contributed by atoms with van der Waals surface area (Å²) in [6.45, 7) is 4.28. The summed E-state index contributed by atoms with van der Waals surface area (Å²) in [5, 5.41) is 5.69. The molecule has 1 unspecified atom stereocenters. The highest BCUT2D eigenvalue weighted by molar-refractivity contribution is 9.10. The molecule has 0 aromatic heterocycles. The molecule has 1 atom stereocenters. The summed E-state index contributed by atoms with van der Waals surface area (Å²) >= 11 is 3.05. The largest absolute Gasteiger partial charge is 0.325 e. The van der Waals surface area contributed by atoms with Gasteiger partial charge in [0, 0.05) is 11.7 Å². The Hall–Kier alpha value is -0.940. The molecule has 0 spiro atoms. The van der Waals surface area contributed by atoms with Crippen LogP contribution in [0.5, 0.6) is 0 Å². The molecule has 0 fully saturated rings. The predicted molar refractivity (Wildman–Crippen MR) is 70.5 cm³/mol. The van der Waals surface area contributed by atoms with Crippen molar-refractivity contribution < 1.29 is 9.18 Å². The third-order valence-electron chi connectivity index (χ3n) is 2.43. The molecule has 0 saturated carbocycles. The van der Waals surface area contributed by atoms with Crippen molar-refractivity contribution in [2.45, 2.75) is 26.3 Å². The molecule has 0 aliphatic carbocycles. The van der Waals surface area contributed by atoms with Crippen LogP contribution in [0.2, 0.25) is 0 Å². The Morgan fingerprint density at radius 1 is 1.53 bits per heavy atom. The van der Waals surface area contributed by atoms with Crippen LogP contribution < -0.4 is 10.6 Å². The van der Waals surface area contributed by atoms with Gasteiger partial charge in [0.2, 0.25) is 5.91 Å². The van der Waals surface area contributed by atoms with Gasteiger partial charge < -0.3 is 10.6 Å². The minimum atomic E-state index is -0.391. The molecule has 0 heterocycles. The maximum Gasteiger partial charge on any atom is 0.238 e. The summed E-state index contributed by atoms with van der Waals surface area (Å²) in [5.41, 5.74) is 0.460. The van der Waals surface area contributed by atoms with Gasteiger partial charge in [-0.2, -0.15) is 0 Å². The third kappa shape index (κ3) is 4.83. The summed E-state index contributed by atoms with van der Waals surface area (Å²) in [5.74, 6) is -0.565. The monoisotopic (exact) mass is 302 g/mol. The summed E-state index contributed by atoms with van der Waals surface area (Å²) in [7, 11) is 0. The number of carbonyl (C=O) groups is 1. The second kappa shape index (κ2) is 6.71. The fourth-order valence-corrected chi connectivity index (χ4v) is 1.44. The Labute approximate surface area is 109 Å². The fraction of sp³-hybridized carbons (Fsp3) is 0.417. The minimum Gasteiger partial charge on any atom is -0.325 e. The Morgan fingerprint density at radius 3 is 2.82 bits per heavy atom. The van der Waals surface area contributed by atoms with Crippen molar-refractivity contribution in [3.63, 3.8) is 0 Å². The number of carbonyl (C=O) groups excluding carboxylic acids is 1. The van der Waals surface area contributed by atoms with Gasteiger partial charge in [-0.1, -0.05) is 6.92 Å². The van der Waals surface area contributed by atoms with E-state index in [0.717, 1.165) is 6.42 Å². The Balaban J connectivity index is 2.48. The molecule has 1 aromatic rings. The molecule has 0 saturated heterocycles. The fourth-order valence-electron chi connectivity index (χ4n) is 1.19. The third-order valence-corrected chi connectivity index (χ3v) is 3.07. The van der Waals surface area contributed by atoms with Gasteiger partial charge >= 0.3 is 0 Å². The molecule has 2 N–H and O–H groups in total. The van der Waals surface area contributed by atoms with Crippen molar-refractivity contribution in [2.75, 3.05) is 11.9 Å². The lowest BCUT2D eigenvalue weighted by atomic mass is 10.2. The molecule has 94 valence electrons. The summed E-state index contributed by atoms with van der Waals surface area (Å²) < 4.78 is 13.6. The summed E-state index contributed by atoms with van der Waals surface area (Å²) in [4.78, 5) is 11.5. The molecule has 0 aliphatic rings. The van der Waals surface area contributed by atoms with Crippen molar-refractivity contribution in [3.05, 3.63) is 28.5 Å². The van der Waals surface area contributed by atoms with E-state index in [2.05, 4.69) is 26.6 Å². The molecule has 0 bridgehead atoms. The molecular formula is C12H16BrFN2O. The maximum atomic E-state index is 13.2. The molecule has 17 heavy (non-hydrogen) atoms. The van der Waals surface area contributed by atoms with Crippen LogP contribution in [-0.2, 0) is 4.79 Å². The highest BCUT2D eigenvalue weighted by atomic mass is 79.9. The van der Waals surface area contributed by atoms with E-state index in [0.29, 0.717) is 16.2 Å². The lowest BCUT2D eigenvalue weighted by Crippen LogP contribution is -2.33. The molecule has 0 aliphatic heterocycles. The van der Waals surface area contributed by atoms with E-state index in [1.54, 1.807) is 12.1 Å². The van der Waals surface area contributed by atoms with E-state index in [1.807, 2.05) is 13.8 Å².